The summed E-state index contributed by atoms with van der Waals surface area (Å²) in [5.41, 5.74) is 11.7. The van der Waals surface area contributed by atoms with Crippen LogP contribution in [0, 0.1) is 5.82 Å². The summed E-state index contributed by atoms with van der Waals surface area (Å²) in [4.78, 5) is 13.2. The molecule has 0 aliphatic heterocycles. The van der Waals surface area contributed by atoms with Crippen molar-refractivity contribution < 1.29 is 9.18 Å². The van der Waals surface area contributed by atoms with E-state index in [1.165, 1.54) is 18.9 Å². The zero-order valence-corrected chi connectivity index (χ0v) is 10.9. The van der Waals surface area contributed by atoms with E-state index in [-0.39, 0.29) is 18.1 Å². The quantitative estimate of drug-likeness (QED) is 0.795. The lowest BCUT2D eigenvalue weighted by molar-refractivity contribution is -0.119. The van der Waals surface area contributed by atoms with E-state index in [0.29, 0.717) is 12.6 Å². The van der Waals surface area contributed by atoms with Gasteiger partial charge in [-0.05, 0) is 30.5 Å². The molecular formula is C14H20FN3O. The van der Waals surface area contributed by atoms with Gasteiger partial charge in [0, 0.05) is 12.6 Å². The number of carbonyl (C=O) groups is 1. The standard InChI is InChI=1S/C14H20FN3O/c15-12-7-10(5-6-13(12)16)8-18(9-14(17)19)11-3-1-2-4-11/h5-7,11H,1-4,8-9,16H2,(H2,17,19). The van der Waals surface area contributed by atoms with Crippen LogP contribution in [0.2, 0.25) is 0 Å². The van der Waals surface area contributed by atoms with Gasteiger partial charge in [-0.25, -0.2) is 4.39 Å². The van der Waals surface area contributed by atoms with E-state index < -0.39 is 5.82 Å². The minimum Gasteiger partial charge on any atom is -0.396 e. The smallest absolute Gasteiger partial charge is 0.231 e. The molecule has 4 N–H and O–H groups in total. The summed E-state index contributed by atoms with van der Waals surface area (Å²) in [6, 6.07) is 5.15. The Balaban J connectivity index is 2.09. The van der Waals surface area contributed by atoms with E-state index in [1.54, 1.807) is 12.1 Å². The highest BCUT2D eigenvalue weighted by Crippen LogP contribution is 2.25. The number of halogens is 1. The molecule has 0 radical (unpaired) electrons. The number of primary amides is 1. The van der Waals surface area contributed by atoms with Crippen LogP contribution in [0.5, 0.6) is 0 Å². The van der Waals surface area contributed by atoms with E-state index in [4.69, 9.17) is 11.5 Å². The summed E-state index contributed by atoms with van der Waals surface area (Å²) in [7, 11) is 0. The van der Waals surface area contributed by atoms with Crippen LogP contribution in [-0.4, -0.2) is 23.4 Å². The summed E-state index contributed by atoms with van der Waals surface area (Å²) in [6.45, 7) is 0.751. The summed E-state index contributed by atoms with van der Waals surface area (Å²) in [5, 5.41) is 0. The highest BCUT2D eigenvalue weighted by Gasteiger charge is 2.23. The van der Waals surface area contributed by atoms with Crippen molar-refractivity contribution in [1.82, 2.24) is 4.90 Å². The normalized spacial score (nSPS) is 16.1. The van der Waals surface area contributed by atoms with E-state index in [9.17, 15) is 9.18 Å². The Hall–Kier alpha value is -1.62. The lowest BCUT2D eigenvalue weighted by Gasteiger charge is -2.27. The molecule has 0 atom stereocenters. The largest absolute Gasteiger partial charge is 0.396 e. The average Bonchev–Trinajstić information content (AvgIpc) is 2.86. The van der Waals surface area contributed by atoms with E-state index in [1.807, 2.05) is 4.90 Å². The van der Waals surface area contributed by atoms with E-state index >= 15 is 0 Å². The predicted octanol–water partition coefficient (Wildman–Crippen LogP) is 1.64. The molecule has 0 bridgehead atoms. The van der Waals surface area contributed by atoms with Crippen molar-refractivity contribution in [1.29, 1.82) is 0 Å². The second kappa shape index (κ2) is 6.02. The molecule has 5 heteroatoms. The molecule has 104 valence electrons. The number of nitrogens with zero attached hydrogens (tertiary/aromatic N) is 1. The highest BCUT2D eigenvalue weighted by atomic mass is 19.1. The second-order valence-corrected chi connectivity index (χ2v) is 5.17. The molecule has 1 aromatic carbocycles. The Labute approximate surface area is 112 Å². The van der Waals surface area contributed by atoms with Gasteiger partial charge in [-0.3, -0.25) is 9.69 Å². The first-order chi connectivity index (χ1) is 9.06. The third-order valence-corrected chi connectivity index (χ3v) is 3.65. The van der Waals surface area contributed by atoms with Crippen molar-refractivity contribution in [3.8, 4) is 0 Å². The van der Waals surface area contributed by atoms with Gasteiger partial charge in [-0.15, -0.1) is 0 Å². The molecule has 19 heavy (non-hydrogen) atoms. The van der Waals surface area contributed by atoms with Gasteiger partial charge in [0.05, 0.1) is 12.2 Å². The lowest BCUT2D eigenvalue weighted by Crippen LogP contribution is -2.39. The van der Waals surface area contributed by atoms with Gasteiger partial charge in [0.15, 0.2) is 0 Å². The number of benzene rings is 1. The molecule has 0 spiro atoms. The van der Waals surface area contributed by atoms with Crippen LogP contribution >= 0.6 is 0 Å². The molecule has 0 saturated heterocycles. The molecule has 1 saturated carbocycles. The SMILES string of the molecule is NC(=O)CN(Cc1ccc(N)c(F)c1)C1CCCC1. The molecule has 1 aromatic rings. The van der Waals surface area contributed by atoms with Crippen LogP contribution in [0.4, 0.5) is 10.1 Å². The Morgan fingerprint density at radius 1 is 1.37 bits per heavy atom. The number of hydrogen-bond acceptors (Lipinski definition) is 3. The first kappa shape index (κ1) is 13.8. The zero-order valence-electron chi connectivity index (χ0n) is 10.9. The molecule has 0 unspecified atom stereocenters. The van der Waals surface area contributed by atoms with Crippen molar-refractivity contribution in [3.05, 3.63) is 29.6 Å². The fourth-order valence-corrected chi connectivity index (χ4v) is 2.69. The van der Waals surface area contributed by atoms with Crippen molar-refractivity contribution in [2.75, 3.05) is 12.3 Å². The average molecular weight is 265 g/mol. The molecule has 4 nitrogen and oxygen atoms in total. The number of hydrogen-bond donors (Lipinski definition) is 2. The monoisotopic (exact) mass is 265 g/mol. The topological polar surface area (TPSA) is 72.4 Å². The van der Waals surface area contributed by atoms with Crippen LogP contribution in [0.1, 0.15) is 31.2 Å². The maximum atomic E-state index is 13.4. The van der Waals surface area contributed by atoms with Gasteiger partial charge in [0.25, 0.3) is 0 Å². The van der Waals surface area contributed by atoms with Gasteiger partial charge >= 0.3 is 0 Å². The molecule has 0 aromatic heterocycles. The Morgan fingerprint density at radius 2 is 2.05 bits per heavy atom. The Kier molecular flexibility index (Phi) is 4.37. The molecule has 1 aliphatic rings. The van der Waals surface area contributed by atoms with Crippen molar-refractivity contribution in [2.24, 2.45) is 5.73 Å². The molecule has 1 fully saturated rings. The number of nitrogen functional groups attached to an aromatic ring is 1. The summed E-state index contributed by atoms with van der Waals surface area (Å²) < 4.78 is 13.4. The van der Waals surface area contributed by atoms with Crippen molar-refractivity contribution in [2.45, 2.75) is 38.3 Å². The van der Waals surface area contributed by atoms with Gasteiger partial charge in [-0.2, -0.15) is 0 Å². The van der Waals surface area contributed by atoms with Crippen LogP contribution in [0.25, 0.3) is 0 Å². The second-order valence-electron chi connectivity index (χ2n) is 5.17. The van der Waals surface area contributed by atoms with Gasteiger partial charge < -0.3 is 11.5 Å². The lowest BCUT2D eigenvalue weighted by atomic mass is 10.1. The zero-order chi connectivity index (χ0) is 13.8. The maximum Gasteiger partial charge on any atom is 0.231 e. The first-order valence-corrected chi connectivity index (χ1v) is 6.62. The molecule has 1 aliphatic carbocycles. The number of nitrogens with two attached hydrogens (primary N) is 2. The number of rotatable bonds is 5. The number of anilines is 1. The van der Waals surface area contributed by atoms with E-state index in [2.05, 4.69) is 0 Å². The minimum atomic E-state index is -0.414. The summed E-state index contributed by atoms with van der Waals surface area (Å²) >= 11 is 0. The fourth-order valence-electron chi connectivity index (χ4n) is 2.69. The fraction of sp³-hybridized carbons (Fsp3) is 0.500. The Morgan fingerprint density at radius 3 is 2.63 bits per heavy atom. The predicted molar refractivity (Wildman–Crippen MR) is 72.7 cm³/mol. The molecule has 2 rings (SSSR count). The number of amides is 1. The van der Waals surface area contributed by atoms with Crippen molar-refractivity contribution in [3.63, 3.8) is 0 Å². The third kappa shape index (κ3) is 3.67. The van der Waals surface area contributed by atoms with Crippen LogP contribution < -0.4 is 11.5 Å². The van der Waals surface area contributed by atoms with Crippen LogP contribution in [0.15, 0.2) is 18.2 Å². The molecule has 0 heterocycles. The first-order valence-electron chi connectivity index (χ1n) is 6.62. The maximum absolute atomic E-state index is 13.4. The Bertz CT molecular complexity index is 458. The molecular weight excluding hydrogens is 245 g/mol. The molecule has 1 amide bonds. The van der Waals surface area contributed by atoms with Gasteiger partial charge in [-0.1, -0.05) is 18.9 Å². The summed E-state index contributed by atoms with van der Waals surface area (Å²) in [5.74, 6) is -0.759. The van der Waals surface area contributed by atoms with Crippen LogP contribution in [0.3, 0.4) is 0 Å². The van der Waals surface area contributed by atoms with Gasteiger partial charge in [0.1, 0.15) is 5.82 Å². The van der Waals surface area contributed by atoms with Crippen LogP contribution in [-0.2, 0) is 11.3 Å². The summed E-state index contributed by atoms with van der Waals surface area (Å²) in [6.07, 6.45) is 4.50. The minimum absolute atomic E-state index is 0.145. The number of carbonyl (C=O) groups excluding carboxylic acids is 1. The van der Waals surface area contributed by atoms with E-state index in [0.717, 1.165) is 18.4 Å². The highest BCUT2D eigenvalue weighted by molar-refractivity contribution is 5.76. The van der Waals surface area contributed by atoms with Crippen molar-refractivity contribution >= 4 is 11.6 Å². The van der Waals surface area contributed by atoms with Gasteiger partial charge in [0.2, 0.25) is 5.91 Å². The third-order valence-electron chi connectivity index (χ3n) is 3.65.